The maximum Gasteiger partial charge on any atom is 0.137 e. The summed E-state index contributed by atoms with van der Waals surface area (Å²) in [5.41, 5.74) is 11.4. The normalized spacial score (nSPS) is 13.6. The second-order valence-electron chi connectivity index (χ2n) is 18.7. The van der Waals surface area contributed by atoms with Crippen molar-refractivity contribution in [3.8, 4) is 17.3 Å². The van der Waals surface area contributed by atoms with Crippen LogP contribution in [0.25, 0.3) is 33.3 Å². The summed E-state index contributed by atoms with van der Waals surface area (Å²) in [4.78, 5) is 9.69. The van der Waals surface area contributed by atoms with Gasteiger partial charge in [-0.2, -0.15) is 0 Å². The monoisotopic (exact) mass is 786 g/mol. The number of para-hydroxylation sites is 1. The topological polar surface area (TPSA) is 33.5 Å². The van der Waals surface area contributed by atoms with Crippen LogP contribution in [0.15, 0.2) is 170 Å². The first kappa shape index (κ1) is 38.9. The van der Waals surface area contributed by atoms with E-state index in [2.05, 4.69) is 234 Å². The first-order chi connectivity index (χ1) is 28.7. The molecular formula is C55H54N4O. The second-order valence-corrected chi connectivity index (χ2v) is 18.7. The number of hydrogen-bond donors (Lipinski definition) is 0. The summed E-state index contributed by atoms with van der Waals surface area (Å²) in [5, 5.41) is 2.35. The van der Waals surface area contributed by atoms with Gasteiger partial charge in [0.2, 0.25) is 0 Å². The number of anilines is 2. The Morgan fingerprint density at radius 2 is 1.17 bits per heavy atom. The fourth-order valence-electron chi connectivity index (χ4n) is 8.43. The average Bonchev–Trinajstić information content (AvgIpc) is 3.84. The Kier molecular flexibility index (Phi) is 9.66. The molecule has 0 bridgehead atoms. The van der Waals surface area contributed by atoms with Crippen molar-refractivity contribution in [3.63, 3.8) is 0 Å². The number of pyridine rings is 1. The van der Waals surface area contributed by atoms with Gasteiger partial charge in [-0.05, 0) is 93.2 Å². The minimum atomic E-state index is -0.152. The Hall–Kier alpha value is -6.59. The molecule has 0 saturated carbocycles. The molecule has 5 heteroatoms. The predicted octanol–water partition coefficient (Wildman–Crippen LogP) is 14.2. The molecule has 2 aromatic heterocycles. The highest BCUT2D eigenvalue weighted by Crippen LogP contribution is 2.42. The van der Waals surface area contributed by atoms with E-state index in [1.165, 1.54) is 27.6 Å². The molecule has 6 aromatic carbocycles. The summed E-state index contributed by atoms with van der Waals surface area (Å²) >= 11 is 0. The molecule has 1 aliphatic heterocycles. The fraction of sp³-hybridized carbons (Fsp3) is 0.218. The predicted molar refractivity (Wildman–Crippen MR) is 252 cm³/mol. The third kappa shape index (κ3) is 7.34. The summed E-state index contributed by atoms with van der Waals surface area (Å²) in [6.45, 7) is 18.8. The molecule has 5 nitrogen and oxygen atoms in total. The maximum atomic E-state index is 6.94. The lowest BCUT2D eigenvalue weighted by Gasteiger charge is -2.29. The number of aromatic nitrogens is 2. The minimum absolute atomic E-state index is 0.00818. The molecule has 0 fully saturated rings. The van der Waals surface area contributed by atoms with Crippen LogP contribution in [-0.4, -0.2) is 16.2 Å². The smallest absolute Gasteiger partial charge is 0.137 e. The summed E-state index contributed by atoms with van der Waals surface area (Å²) in [5.74, 6) is 2.47. The number of nitrogens with zero attached hydrogens (tertiary/aromatic N) is 4. The molecule has 300 valence electrons. The van der Waals surface area contributed by atoms with Gasteiger partial charge in [-0.25, -0.2) is 4.98 Å². The van der Waals surface area contributed by atoms with Crippen molar-refractivity contribution in [2.45, 2.75) is 71.6 Å². The van der Waals surface area contributed by atoms with Crippen LogP contribution in [-0.2, 0) is 16.2 Å². The first-order valence-corrected chi connectivity index (χ1v) is 21.1. The van der Waals surface area contributed by atoms with Gasteiger partial charge in [0, 0.05) is 52.1 Å². The zero-order valence-electron chi connectivity index (χ0n) is 36.1. The van der Waals surface area contributed by atoms with E-state index in [-0.39, 0.29) is 16.2 Å². The van der Waals surface area contributed by atoms with Crippen LogP contribution in [0.5, 0.6) is 11.5 Å². The van der Waals surface area contributed by atoms with Crippen LogP contribution in [0.2, 0.25) is 0 Å². The Labute approximate surface area is 355 Å². The highest BCUT2D eigenvalue weighted by molar-refractivity contribution is 6.09. The molecule has 9 rings (SSSR count). The van der Waals surface area contributed by atoms with Crippen molar-refractivity contribution in [1.29, 1.82) is 0 Å². The Morgan fingerprint density at radius 3 is 1.92 bits per heavy atom. The van der Waals surface area contributed by atoms with Gasteiger partial charge in [-0.1, -0.05) is 146 Å². The first-order valence-electron chi connectivity index (χ1n) is 21.1. The third-order valence-corrected chi connectivity index (χ3v) is 12.1. The lowest BCUT2D eigenvalue weighted by Crippen LogP contribution is -2.27. The fourth-order valence-corrected chi connectivity index (χ4v) is 8.43. The van der Waals surface area contributed by atoms with Gasteiger partial charge >= 0.3 is 0 Å². The third-order valence-electron chi connectivity index (χ3n) is 12.1. The van der Waals surface area contributed by atoms with E-state index >= 15 is 0 Å². The van der Waals surface area contributed by atoms with Crippen LogP contribution in [0.1, 0.15) is 83.2 Å². The molecule has 0 unspecified atom stereocenters. The molecule has 60 heavy (non-hydrogen) atoms. The van der Waals surface area contributed by atoms with E-state index in [0.717, 1.165) is 56.4 Å². The zero-order valence-corrected chi connectivity index (χ0v) is 36.1. The van der Waals surface area contributed by atoms with Crippen molar-refractivity contribution in [1.82, 2.24) is 9.55 Å². The van der Waals surface area contributed by atoms with Crippen molar-refractivity contribution in [3.05, 3.63) is 198 Å². The van der Waals surface area contributed by atoms with Crippen molar-refractivity contribution < 1.29 is 4.74 Å². The van der Waals surface area contributed by atoms with Crippen LogP contribution in [0.4, 0.5) is 11.4 Å². The van der Waals surface area contributed by atoms with Crippen LogP contribution >= 0.6 is 0 Å². The van der Waals surface area contributed by atoms with Crippen molar-refractivity contribution >= 4 is 38.9 Å². The lowest BCUT2D eigenvalue weighted by molar-refractivity contribution is 0.479. The molecule has 0 amide bonds. The Morgan fingerprint density at radius 1 is 0.500 bits per heavy atom. The Balaban J connectivity index is 1.11. The van der Waals surface area contributed by atoms with Crippen LogP contribution in [0.3, 0.4) is 0 Å². The Bertz CT molecular complexity index is 2870. The van der Waals surface area contributed by atoms with Gasteiger partial charge in [0.15, 0.2) is 0 Å². The highest BCUT2D eigenvalue weighted by Gasteiger charge is 2.29. The molecule has 0 spiro atoms. The molecule has 1 aliphatic rings. The van der Waals surface area contributed by atoms with Gasteiger partial charge in [-0.15, -0.1) is 0 Å². The number of benzene rings is 6. The summed E-state index contributed by atoms with van der Waals surface area (Å²) < 4.78 is 9.21. The van der Waals surface area contributed by atoms with Gasteiger partial charge in [0.05, 0.1) is 23.4 Å². The largest absolute Gasteiger partial charge is 0.457 e. The lowest BCUT2D eigenvalue weighted by atomic mass is 9.78. The van der Waals surface area contributed by atoms with Gasteiger partial charge in [0.25, 0.3) is 0 Å². The molecule has 0 aliphatic carbocycles. The van der Waals surface area contributed by atoms with E-state index in [0.29, 0.717) is 6.67 Å². The van der Waals surface area contributed by atoms with E-state index in [9.17, 15) is 0 Å². The molecule has 0 radical (unpaired) electrons. The van der Waals surface area contributed by atoms with Gasteiger partial charge in [0.1, 0.15) is 17.3 Å². The average molecular weight is 787 g/mol. The standard InChI is InChI=1S/C55H54N4O/c1-53(2,3)40-28-29-56-52(33-40)59-49-25-16-15-24-47(49)48-27-26-45(35-50(48)59)60-46-32-42(54(4,5)6)31-44(34-46)58-37-57(36-51(58)38-18-11-9-12-19-38)43-23-17-22-41(30-43)55(7,8)39-20-13-10-14-21-39/h9-36H,37H2,1-8H3. The second kappa shape index (κ2) is 14.9. The number of rotatable bonds is 8. The summed E-state index contributed by atoms with van der Waals surface area (Å²) in [6, 6.07) is 56.6. The number of hydrogen-bond acceptors (Lipinski definition) is 4. The van der Waals surface area contributed by atoms with E-state index in [1.54, 1.807) is 0 Å². The summed E-state index contributed by atoms with van der Waals surface area (Å²) in [6.07, 6.45) is 4.22. The van der Waals surface area contributed by atoms with E-state index < -0.39 is 0 Å². The SMILES string of the molecule is CC(C)(C)c1cc(Oc2ccc3c4ccccc4n(-c4cc(C(C)(C)C)ccn4)c3c2)cc(N2CN(c3cccc(C(C)(C)c4ccccc4)c3)C=C2c2ccccc2)c1. The number of ether oxygens (including phenoxy) is 1. The van der Waals surface area contributed by atoms with E-state index in [4.69, 9.17) is 9.72 Å². The minimum Gasteiger partial charge on any atom is -0.457 e. The van der Waals surface area contributed by atoms with Crippen molar-refractivity contribution in [2.24, 2.45) is 0 Å². The molecule has 8 aromatic rings. The maximum absolute atomic E-state index is 6.94. The number of fused-ring (bicyclic) bond motifs is 3. The highest BCUT2D eigenvalue weighted by atomic mass is 16.5. The van der Waals surface area contributed by atoms with Gasteiger partial charge in [-0.3, -0.25) is 4.57 Å². The van der Waals surface area contributed by atoms with Gasteiger partial charge < -0.3 is 14.5 Å². The van der Waals surface area contributed by atoms with Crippen LogP contribution < -0.4 is 14.5 Å². The zero-order chi connectivity index (χ0) is 41.8. The molecule has 0 N–H and O–H groups in total. The summed E-state index contributed by atoms with van der Waals surface area (Å²) in [7, 11) is 0. The molecule has 3 heterocycles. The van der Waals surface area contributed by atoms with Crippen LogP contribution in [0, 0.1) is 0 Å². The van der Waals surface area contributed by atoms with Crippen molar-refractivity contribution in [2.75, 3.05) is 16.5 Å². The quantitative estimate of drug-likeness (QED) is 0.154. The molecule has 0 atom stereocenters. The molecular weight excluding hydrogens is 733 g/mol. The van der Waals surface area contributed by atoms with E-state index in [1.807, 2.05) is 6.20 Å². The molecule has 0 saturated heterocycles.